The smallest absolute Gasteiger partial charge is 0.335 e. The fourth-order valence-electron chi connectivity index (χ4n) is 2.76. The third kappa shape index (κ3) is 4.14. The third-order valence-electron chi connectivity index (χ3n) is 4.49. The molecule has 0 amide bonds. The third-order valence-corrected chi connectivity index (χ3v) is 6.30. The van der Waals surface area contributed by atoms with Gasteiger partial charge in [-0.1, -0.05) is 25.6 Å². The Labute approximate surface area is 145 Å². The Morgan fingerprint density at radius 1 is 1.25 bits per heavy atom. The Morgan fingerprint density at radius 3 is 2.58 bits per heavy atom. The number of hydrogen-bond acceptors (Lipinski definition) is 4. The molecule has 1 heterocycles. The van der Waals surface area contributed by atoms with Crippen LogP contribution in [0.25, 0.3) is 0 Å². The van der Waals surface area contributed by atoms with E-state index >= 15 is 0 Å². The van der Waals surface area contributed by atoms with E-state index < -0.39 is 17.1 Å². The number of esters is 1. The molecule has 1 aromatic rings. The van der Waals surface area contributed by atoms with Gasteiger partial charge >= 0.3 is 5.97 Å². The van der Waals surface area contributed by atoms with Crippen molar-refractivity contribution in [3.63, 3.8) is 0 Å². The Bertz CT molecular complexity index is 633. The standard InChI is InChI=1S/C19H24O4S/c1-3-13(2)19(20)23-18-6-4-5-17(22-18)14-7-9-15(10-8-14)24(21)16-11-12-16/h7-10,16-18H,2-6,11-12H2,1H3. The van der Waals surface area contributed by atoms with Crippen molar-refractivity contribution in [2.45, 2.75) is 68.0 Å². The Hall–Kier alpha value is -1.46. The van der Waals surface area contributed by atoms with Gasteiger partial charge in [-0.3, -0.25) is 4.21 Å². The summed E-state index contributed by atoms with van der Waals surface area (Å²) in [5.74, 6) is -0.377. The molecule has 1 aromatic carbocycles. The molecular formula is C19H24O4S. The first-order valence-electron chi connectivity index (χ1n) is 8.63. The molecule has 4 nitrogen and oxygen atoms in total. The highest BCUT2D eigenvalue weighted by Crippen LogP contribution is 2.34. The van der Waals surface area contributed by atoms with Gasteiger partial charge in [0.15, 0.2) is 0 Å². The van der Waals surface area contributed by atoms with Gasteiger partial charge in [0.05, 0.1) is 16.9 Å². The number of rotatable bonds is 6. The highest BCUT2D eigenvalue weighted by Gasteiger charge is 2.30. The molecule has 0 radical (unpaired) electrons. The van der Waals surface area contributed by atoms with E-state index in [1.54, 1.807) is 0 Å². The van der Waals surface area contributed by atoms with Crippen LogP contribution in [0.1, 0.15) is 57.1 Å². The van der Waals surface area contributed by atoms with Crippen molar-refractivity contribution in [3.05, 3.63) is 42.0 Å². The maximum absolute atomic E-state index is 12.2. The van der Waals surface area contributed by atoms with Crippen LogP contribution >= 0.6 is 0 Å². The first-order valence-corrected chi connectivity index (χ1v) is 9.84. The van der Waals surface area contributed by atoms with Crippen molar-refractivity contribution in [3.8, 4) is 0 Å². The summed E-state index contributed by atoms with van der Waals surface area (Å²) < 4.78 is 23.5. The zero-order valence-electron chi connectivity index (χ0n) is 14.0. The summed E-state index contributed by atoms with van der Waals surface area (Å²) in [6.07, 6.45) is 4.66. The molecule has 130 valence electrons. The summed E-state index contributed by atoms with van der Waals surface area (Å²) in [5, 5.41) is 0.345. The SMILES string of the molecule is C=C(CC)C(=O)OC1CCCC(c2ccc(S(=O)C3CC3)cc2)O1. The Morgan fingerprint density at radius 2 is 1.96 bits per heavy atom. The van der Waals surface area contributed by atoms with Crippen molar-refractivity contribution in [1.29, 1.82) is 0 Å². The first kappa shape index (κ1) is 17.4. The highest BCUT2D eigenvalue weighted by molar-refractivity contribution is 7.86. The molecule has 1 aliphatic carbocycles. The normalized spacial score (nSPS) is 25.0. The summed E-state index contributed by atoms with van der Waals surface area (Å²) in [5.41, 5.74) is 1.51. The van der Waals surface area contributed by atoms with Crippen LogP contribution in [-0.2, 0) is 25.1 Å². The topological polar surface area (TPSA) is 52.6 Å². The van der Waals surface area contributed by atoms with E-state index in [4.69, 9.17) is 9.47 Å². The van der Waals surface area contributed by atoms with Crippen LogP contribution in [0.3, 0.4) is 0 Å². The molecule has 0 spiro atoms. The van der Waals surface area contributed by atoms with Gasteiger partial charge in [-0.25, -0.2) is 4.79 Å². The molecule has 24 heavy (non-hydrogen) atoms. The minimum absolute atomic E-state index is 0.0881. The van der Waals surface area contributed by atoms with Crippen LogP contribution < -0.4 is 0 Å². The van der Waals surface area contributed by atoms with Gasteiger partial charge in [0, 0.05) is 22.1 Å². The zero-order valence-corrected chi connectivity index (χ0v) is 14.8. The largest absolute Gasteiger partial charge is 0.432 e. The van der Waals surface area contributed by atoms with Gasteiger partial charge in [0.1, 0.15) is 0 Å². The minimum Gasteiger partial charge on any atom is -0.432 e. The lowest BCUT2D eigenvalue weighted by molar-refractivity contribution is -0.200. The van der Waals surface area contributed by atoms with Gasteiger partial charge in [-0.15, -0.1) is 0 Å². The van der Waals surface area contributed by atoms with Gasteiger partial charge < -0.3 is 9.47 Å². The van der Waals surface area contributed by atoms with Crippen LogP contribution in [0.15, 0.2) is 41.3 Å². The molecule has 2 aliphatic rings. The molecule has 3 atom stereocenters. The second-order valence-corrected chi connectivity index (χ2v) is 8.15. The summed E-state index contributed by atoms with van der Waals surface area (Å²) in [7, 11) is -0.878. The Kier molecular flexibility index (Phi) is 5.51. The van der Waals surface area contributed by atoms with Crippen LogP contribution in [0.5, 0.6) is 0 Å². The maximum Gasteiger partial charge on any atom is 0.335 e. The molecule has 1 aliphatic heterocycles. The van der Waals surface area contributed by atoms with Crippen molar-refractivity contribution in [2.24, 2.45) is 0 Å². The number of hydrogen-bond donors (Lipinski definition) is 0. The number of carbonyl (C=O) groups is 1. The summed E-state index contributed by atoms with van der Waals surface area (Å²) >= 11 is 0. The monoisotopic (exact) mass is 348 g/mol. The van der Waals surface area contributed by atoms with E-state index in [-0.39, 0.29) is 12.1 Å². The molecule has 1 saturated carbocycles. The lowest BCUT2D eigenvalue weighted by atomic mass is 10.0. The van der Waals surface area contributed by atoms with Crippen LogP contribution in [0.2, 0.25) is 0 Å². The number of carbonyl (C=O) groups excluding carboxylic acids is 1. The second kappa shape index (κ2) is 7.62. The lowest BCUT2D eigenvalue weighted by Gasteiger charge is -2.30. The average molecular weight is 348 g/mol. The maximum atomic E-state index is 12.2. The molecular weight excluding hydrogens is 324 g/mol. The van der Waals surface area contributed by atoms with Crippen molar-refractivity contribution < 1.29 is 18.5 Å². The summed E-state index contributed by atoms with van der Waals surface area (Å²) in [4.78, 5) is 12.7. The van der Waals surface area contributed by atoms with Crippen molar-refractivity contribution >= 4 is 16.8 Å². The summed E-state index contributed by atoms with van der Waals surface area (Å²) in [6.45, 7) is 5.58. The molecule has 5 heteroatoms. The number of ether oxygens (including phenoxy) is 2. The predicted octanol–water partition coefficient (Wildman–Crippen LogP) is 4.03. The number of benzene rings is 1. The zero-order chi connectivity index (χ0) is 17.1. The van der Waals surface area contributed by atoms with E-state index in [0.717, 1.165) is 36.1 Å². The fourth-order valence-corrected chi connectivity index (χ4v) is 4.11. The van der Waals surface area contributed by atoms with Gasteiger partial charge in [-0.05, 0) is 49.8 Å². The van der Waals surface area contributed by atoms with Crippen LogP contribution in [0.4, 0.5) is 0 Å². The van der Waals surface area contributed by atoms with Gasteiger partial charge in [-0.2, -0.15) is 0 Å². The average Bonchev–Trinajstić information content (AvgIpc) is 3.46. The quantitative estimate of drug-likeness (QED) is 0.575. The van der Waals surface area contributed by atoms with Gasteiger partial charge in [0.2, 0.25) is 6.29 Å². The van der Waals surface area contributed by atoms with Crippen LogP contribution in [-0.4, -0.2) is 21.7 Å². The highest BCUT2D eigenvalue weighted by atomic mass is 32.2. The first-order chi connectivity index (χ1) is 11.6. The van der Waals surface area contributed by atoms with E-state index in [2.05, 4.69) is 6.58 Å². The van der Waals surface area contributed by atoms with E-state index in [0.29, 0.717) is 23.7 Å². The molecule has 0 N–H and O–H groups in total. The second-order valence-electron chi connectivity index (χ2n) is 6.41. The fraction of sp³-hybridized carbons (Fsp3) is 0.526. The van der Waals surface area contributed by atoms with E-state index in [9.17, 15) is 9.00 Å². The molecule has 2 fully saturated rings. The lowest BCUT2D eigenvalue weighted by Crippen LogP contribution is -2.28. The summed E-state index contributed by atoms with van der Waals surface area (Å²) in [6, 6.07) is 7.83. The predicted molar refractivity (Wildman–Crippen MR) is 92.9 cm³/mol. The molecule has 0 bridgehead atoms. The Balaban J connectivity index is 1.60. The van der Waals surface area contributed by atoms with E-state index in [1.807, 2.05) is 31.2 Å². The van der Waals surface area contributed by atoms with E-state index in [1.165, 1.54) is 0 Å². The molecule has 3 unspecified atom stereocenters. The van der Waals surface area contributed by atoms with Gasteiger partial charge in [0.25, 0.3) is 0 Å². The molecule has 3 rings (SSSR count). The molecule has 0 aromatic heterocycles. The van der Waals surface area contributed by atoms with Crippen molar-refractivity contribution in [2.75, 3.05) is 0 Å². The molecule has 1 saturated heterocycles. The van der Waals surface area contributed by atoms with Crippen LogP contribution in [0, 0.1) is 0 Å². The minimum atomic E-state index is -0.878. The van der Waals surface area contributed by atoms with Crippen molar-refractivity contribution in [1.82, 2.24) is 0 Å².